The average molecular weight is 809 g/mol. The van der Waals surface area contributed by atoms with Crippen LogP contribution in [0.3, 0.4) is 0 Å². The van der Waals surface area contributed by atoms with Crippen molar-refractivity contribution in [1.29, 1.82) is 0 Å². The van der Waals surface area contributed by atoms with Gasteiger partial charge in [0.2, 0.25) is 5.56 Å². The maximum absolute atomic E-state index is 13.4. The normalized spacial score (nSPS) is 14.6. The van der Waals surface area contributed by atoms with E-state index in [4.69, 9.17) is 14.1 Å². The van der Waals surface area contributed by atoms with Gasteiger partial charge in [0, 0.05) is 60.6 Å². The van der Waals surface area contributed by atoms with Crippen LogP contribution in [0.2, 0.25) is 18.1 Å². The maximum atomic E-state index is 13.4. The molecular formula is C46H64N6O5Si. The molecule has 1 aliphatic rings. The Morgan fingerprint density at radius 1 is 1.00 bits per heavy atom. The van der Waals surface area contributed by atoms with Crippen LogP contribution in [-0.4, -0.2) is 58.3 Å². The Hall–Kier alpha value is -4.52. The number of aryl methyl sites for hydroxylation is 3. The average Bonchev–Trinajstić information content (AvgIpc) is 3.63. The van der Waals surface area contributed by atoms with Crippen molar-refractivity contribution in [3.8, 4) is 5.75 Å². The number of pyridine rings is 2. The molecule has 0 spiro atoms. The van der Waals surface area contributed by atoms with Crippen molar-refractivity contribution in [2.75, 3.05) is 18.5 Å². The van der Waals surface area contributed by atoms with E-state index in [-0.39, 0.29) is 28.4 Å². The molecule has 1 amide bonds. The molecule has 6 rings (SSSR count). The van der Waals surface area contributed by atoms with E-state index in [0.717, 1.165) is 123 Å². The smallest absolute Gasteiger partial charge is 0.251 e. The Labute approximate surface area is 344 Å². The van der Waals surface area contributed by atoms with Gasteiger partial charge in [0.05, 0.1) is 28.9 Å². The lowest BCUT2D eigenvalue weighted by Crippen LogP contribution is -2.41. The van der Waals surface area contributed by atoms with Gasteiger partial charge < -0.3 is 29.9 Å². The number of unbranched alkanes of at least 4 members (excludes halogenated alkanes) is 4. The lowest BCUT2D eigenvalue weighted by atomic mass is 9.97. The highest BCUT2D eigenvalue weighted by atomic mass is 28.4. The number of rotatable bonds is 18. The minimum absolute atomic E-state index is 0.0483. The molecule has 0 saturated carbocycles. The van der Waals surface area contributed by atoms with Gasteiger partial charge in [0.15, 0.2) is 14.0 Å². The van der Waals surface area contributed by atoms with E-state index in [0.29, 0.717) is 23.7 Å². The van der Waals surface area contributed by atoms with Crippen LogP contribution in [0.25, 0.3) is 21.9 Å². The number of ether oxygens (including phenoxy) is 1. The summed E-state index contributed by atoms with van der Waals surface area (Å²) in [6.07, 6.45) is 11.7. The highest BCUT2D eigenvalue weighted by Crippen LogP contribution is 2.43. The Morgan fingerprint density at radius 2 is 1.72 bits per heavy atom. The van der Waals surface area contributed by atoms with Crippen molar-refractivity contribution in [1.82, 2.24) is 25.1 Å². The predicted octanol–water partition coefficient (Wildman–Crippen LogP) is 9.73. The largest absolute Gasteiger partial charge is 0.506 e. The van der Waals surface area contributed by atoms with Crippen LogP contribution in [0.4, 0.5) is 5.69 Å². The minimum Gasteiger partial charge on any atom is -0.506 e. The van der Waals surface area contributed by atoms with Gasteiger partial charge in [-0.2, -0.15) is 5.10 Å². The fraction of sp³-hybridized carbons (Fsp3) is 0.522. The van der Waals surface area contributed by atoms with Crippen molar-refractivity contribution in [2.45, 2.75) is 142 Å². The van der Waals surface area contributed by atoms with Crippen molar-refractivity contribution in [2.24, 2.45) is 0 Å². The van der Waals surface area contributed by atoms with E-state index in [2.05, 4.69) is 80.6 Å². The second-order valence-corrected chi connectivity index (χ2v) is 22.1. The first-order chi connectivity index (χ1) is 27.8. The first-order valence-corrected chi connectivity index (χ1v) is 24.3. The van der Waals surface area contributed by atoms with Gasteiger partial charge in [-0.25, -0.2) is 9.67 Å². The zero-order chi connectivity index (χ0) is 41.5. The molecule has 11 nitrogen and oxygen atoms in total. The highest BCUT2D eigenvalue weighted by Gasteiger charge is 2.39. The number of aromatic nitrogens is 4. The minimum atomic E-state index is -2.11. The maximum Gasteiger partial charge on any atom is 0.251 e. The van der Waals surface area contributed by atoms with Crippen LogP contribution in [0.15, 0.2) is 59.5 Å². The number of benzene rings is 2. The lowest BCUT2D eigenvalue weighted by Gasteiger charge is -2.39. The summed E-state index contributed by atoms with van der Waals surface area (Å²) in [5.41, 5.74) is 7.01. The molecule has 3 aromatic heterocycles. The Morgan fingerprint density at radius 3 is 2.43 bits per heavy atom. The topological polar surface area (TPSA) is 143 Å². The number of fused-ring (bicyclic) bond motifs is 2. The predicted molar refractivity (Wildman–Crippen MR) is 236 cm³/mol. The first kappa shape index (κ1) is 43.1. The fourth-order valence-corrected chi connectivity index (χ4v) is 9.04. The molecule has 58 heavy (non-hydrogen) atoms. The summed E-state index contributed by atoms with van der Waals surface area (Å²) in [7, 11) is -2.11. The molecule has 1 aliphatic heterocycles. The number of amides is 1. The summed E-state index contributed by atoms with van der Waals surface area (Å²) in [6.45, 7) is 18.1. The van der Waals surface area contributed by atoms with Gasteiger partial charge in [-0.1, -0.05) is 71.6 Å². The quantitative estimate of drug-likeness (QED) is 0.0506. The van der Waals surface area contributed by atoms with Crippen LogP contribution in [0, 0.1) is 0 Å². The zero-order valence-electron chi connectivity index (χ0n) is 35.7. The summed E-state index contributed by atoms with van der Waals surface area (Å²) >= 11 is 0. The molecule has 2 aromatic carbocycles. The number of phenols is 1. The van der Waals surface area contributed by atoms with Crippen molar-refractivity contribution < 1.29 is 19.1 Å². The van der Waals surface area contributed by atoms with E-state index >= 15 is 0 Å². The number of aromatic amines is 1. The van der Waals surface area contributed by atoms with Crippen LogP contribution in [0.5, 0.6) is 5.75 Å². The lowest BCUT2D eigenvalue weighted by molar-refractivity contribution is 0.0904. The van der Waals surface area contributed by atoms with E-state index in [1.54, 1.807) is 12.1 Å². The van der Waals surface area contributed by atoms with Gasteiger partial charge in [-0.15, -0.1) is 0 Å². The summed E-state index contributed by atoms with van der Waals surface area (Å²) in [6, 6.07) is 15.3. The third-order valence-electron chi connectivity index (χ3n) is 12.2. The molecule has 0 radical (unpaired) electrons. The summed E-state index contributed by atoms with van der Waals surface area (Å²) in [5, 5.41) is 24.0. The molecular weight excluding hydrogens is 745 g/mol. The number of hydrogen-bond donors (Lipinski definition) is 4. The number of carbonyl (C=O) groups is 1. The SMILES string of the molecule is CCc1nc2c(cnn2CC)c(NC2CCOCC2)c1CNC(=O)c1ccc(CCCCCCC[C@H](O[Si](C)(C)C(C)(C)C)c2ccc(O)c3[nH]c(=O)ccc23)cc1. The number of aromatic hydroxyl groups is 1. The summed E-state index contributed by atoms with van der Waals surface area (Å²) in [4.78, 5) is 33.3. The van der Waals surface area contributed by atoms with Crippen LogP contribution < -0.4 is 16.2 Å². The van der Waals surface area contributed by atoms with Crippen LogP contribution >= 0.6 is 0 Å². The number of phenolic OH excluding ortho intramolecular Hbond substituents is 1. The molecule has 0 aliphatic carbocycles. The Balaban J connectivity index is 1.01. The molecule has 4 N–H and O–H groups in total. The molecule has 5 aromatic rings. The molecule has 12 heteroatoms. The van der Waals surface area contributed by atoms with Gasteiger partial charge in [0.25, 0.3) is 5.91 Å². The van der Waals surface area contributed by atoms with E-state index in [9.17, 15) is 14.7 Å². The van der Waals surface area contributed by atoms with Gasteiger partial charge in [0.1, 0.15) is 5.75 Å². The van der Waals surface area contributed by atoms with Crippen molar-refractivity contribution in [3.63, 3.8) is 0 Å². The van der Waals surface area contributed by atoms with Crippen molar-refractivity contribution in [3.05, 3.63) is 93.0 Å². The van der Waals surface area contributed by atoms with E-state index in [1.165, 1.54) is 11.6 Å². The number of hydrogen-bond acceptors (Lipinski definition) is 8. The molecule has 1 atom stereocenters. The number of carbonyl (C=O) groups excluding carboxylic acids is 1. The Bertz CT molecular complexity index is 2220. The standard InChI is InChI=1S/C46H64N6O5Si/c1-8-38-36(42(49-33-25-27-56-28-26-33)37-30-48-52(9-2)44(37)50-38)29-47-45(55)32-19-17-31(18-20-32)15-13-11-10-12-14-16-40(57-58(6,7)46(3,4)5)34-21-23-39(53)43-35(34)22-24-41(54)51-43/h17-24,30,33,40,53H,8-16,25-29H2,1-7H3,(H,47,55)(H,49,50)(H,51,54)/t40-/m0/s1. The molecule has 0 bridgehead atoms. The second kappa shape index (κ2) is 19.0. The molecule has 0 unspecified atom stereocenters. The number of anilines is 1. The number of H-pyrrole nitrogens is 1. The van der Waals surface area contributed by atoms with Crippen LogP contribution in [0.1, 0.15) is 125 Å². The van der Waals surface area contributed by atoms with E-state index in [1.807, 2.05) is 29.1 Å². The summed E-state index contributed by atoms with van der Waals surface area (Å²) < 4.78 is 14.6. The fourth-order valence-electron chi connectivity index (χ4n) is 7.73. The number of nitrogens with zero attached hydrogens (tertiary/aromatic N) is 3. The first-order valence-electron chi connectivity index (χ1n) is 21.4. The third kappa shape index (κ3) is 10.2. The monoisotopic (exact) mass is 808 g/mol. The molecule has 1 saturated heterocycles. The second-order valence-electron chi connectivity index (χ2n) is 17.3. The highest BCUT2D eigenvalue weighted by molar-refractivity contribution is 6.74. The van der Waals surface area contributed by atoms with Gasteiger partial charge >= 0.3 is 0 Å². The molecule has 4 heterocycles. The van der Waals surface area contributed by atoms with Gasteiger partial charge in [-0.05, 0) is 99.0 Å². The molecule has 312 valence electrons. The summed E-state index contributed by atoms with van der Waals surface area (Å²) in [5.74, 6) is -0.0264. The van der Waals surface area contributed by atoms with Crippen molar-refractivity contribution >= 4 is 41.8 Å². The van der Waals surface area contributed by atoms with Gasteiger partial charge in [-0.3, -0.25) is 9.59 Å². The molecule has 1 fully saturated rings. The third-order valence-corrected chi connectivity index (χ3v) is 16.7. The van der Waals surface area contributed by atoms with E-state index < -0.39 is 8.32 Å². The zero-order valence-corrected chi connectivity index (χ0v) is 36.7. The van der Waals surface area contributed by atoms with Crippen LogP contribution in [-0.2, 0) is 35.1 Å². The number of nitrogens with one attached hydrogen (secondary N) is 3. The Kier molecular flexibility index (Phi) is 14.1.